The van der Waals surface area contributed by atoms with Crippen molar-refractivity contribution in [1.82, 2.24) is 10.6 Å². The van der Waals surface area contributed by atoms with Crippen molar-refractivity contribution in [2.45, 2.75) is 0 Å². The van der Waals surface area contributed by atoms with Crippen molar-refractivity contribution < 1.29 is 9.59 Å². The topological polar surface area (TPSA) is 110 Å². The molecule has 0 saturated heterocycles. The SMILES string of the molecule is NC(=O)C(N)=O.S=C(S)NCCNC(=S)S. The molecule has 0 aromatic carbocycles. The number of carbonyl (C=O) groups is 2. The second kappa shape index (κ2) is 10.9. The summed E-state index contributed by atoms with van der Waals surface area (Å²) in [6.45, 7) is 1.42. The van der Waals surface area contributed by atoms with Gasteiger partial charge in [0.1, 0.15) is 8.64 Å². The van der Waals surface area contributed by atoms with E-state index in [1.165, 1.54) is 0 Å². The van der Waals surface area contributed by atoms with Crippen LogP contribution in [0.4, 0.5) is 0 Å². The van der Waals surface area contributed by atoms with E-state index in [0.717, 1.165) is 0 Å². The third kappa shape index (κ3) is 19.1. The number of nitrogens with one attached hydrogen (secondary N) is 2. The second-order valence-corrected chi connectivity index (χ2v) is 4.51. The van der Waals surface area contributed by atoms with Crippen LogP contribution in [-0.2, 0) is 9.59 Å². The number of thiocarbonyl (C=S) groups is 2. The lowest BCUT2D eigenvalue weighted by atomic mass is 10.6. The van der Waals surface area contributed by atoms with Gasteiger partial charge in [-0.05, 0) is 0 Å². The molecule has 0 aliphatic rings. The van der Waals surface area contributed by atoms with Gasteiger partial charge in [0.15, 0.2) is 0 Å². The van der Waals surface area contributed by atoms with E-state index in [2.05, 4.69) is 71.8 Å². The largest absolute Gasteiger partial charge is 0.369 e. The molecule has 10 heteroatoms. The lowest BCUT2D eigenvalue weighted by molar-refractivity contribution is -0.135. The number of primary amides is 2. The predicted molar refractivity (Wildman–Crippen MR) is 77.6 cm³/mol. The molecule has 0 atom stereocenters. The normalized spacial score (nSPS) is 8.12. The van der Waals surface area contributed by atoms with E-state index in [1.807, 2.05) is 0 Å². The Hall–Kier alpha value is -0.580. The summed E-state index contributed by atoms with van der Waals surface area (Å²) in [4.78, 5) is 18.9. The fraction of sp³-hybridized carbons (Fsp3) is 0.333. The first-order valence-electron chi connectivity index (χ1n) is 3.80. The summed E-state index contributed by atoms with van der Waals surface area (Å²) in [7, 11) is 0. The Labute approximate surface area is 115 Å². The molecule has 16 heavy (non-hydrogen) atoms. The van der Waals surface area contributed by atoms with Gasteiger partial charge in [-0.2, -0.15) is 0 Å². The Kier molecular flexibility index (Phi) is 12.2. The molecule has 0 bridgehead atoms. The van der Waals surface area contributed by atoms with Crippen LogP contribution < -0.4 is 22.1 Å². The lowest BCUT2D eigenvalue weighted by Crippen LogP contribution is -2.29. The molecule has 0 rings (SSSR count). The average Bonchev–Trinajstić information content (AvgIpc) is 2.12. The maximum Gasteiger partial charge on any atom is 0.306 e. The van der Waals surface area contributed by atoms with Crippen LogP contribution in [0.15, 0.2) is 0 Å². The van der Waals surface area contributed by atoms with Crippen LogP contribution in [0.1, 0.15) is 0 Å². The molecule has 2 amide bonds. The van der Waals surface area contributed by atoms with Gasteiger partial charge in [-0.25, -0.2) is 0 Å². The molecular formula is C6H12N4O2S4. The van der Waals surface area contributed by atoms with E-state index >= 15 is 0 Å². The number of hydrogen-bond acceptors (Lipinski definition) is 4. The first-order chi connectivity index (χ1) is 7.27. The summed E-state index contributed by atoms with van der Waals surface area (Å²) >= 11 is 17.0. The molecule has 92 valence electrons. The number of thiol groups is 2. The smallest absolute Gasteiger partial charge is 0.306 e. The van der Waals surface area contributed by atoms with Gasteiger partial charge in [0.05, 0.1) is 0 Å². The highest BCUT2D eigenvalue weighted by atomic mass is 32.1. The monoisotopic (exact) mass is 300 g/mol. The molecular weight excluding hydrogens is 288 g/mol. The van der Waals surface area contributed by atoms with Gasteiger partial charge < -0.3 is 22.1 Å². The first kappa shape index (κ1) is 17.8. The molecule has 6 N–H and O–H groups in total. The predicted octanol–water partition coefficient (Wildman–Crippen LogP) is -1.45. The zero-order chi connectivity index (χ0) is 13.1. The Bertz CT molecular complexity index is 256. The zero-order valence-corrected chi connectivity index (χ0v) is 11.5. The van der Waals surface area contributed by atoms with Crippen LogP contribution in [0.3, 0.4) is 0 Å². The van der Waals surface area contributed by atoms with Crippen LogP contribution >= 0.6 is 49.7 Å². The Morgan fingerprint density at radius 3 is 1.31 bits per heavy atom. The average molecular weight is 300 g/mol. The number of rotatable bonds is 3. The van der Waals surface area contributed by atoms with Crippen molar-refractivity contribution >= 4 is 70.1 Å². The minimum absolute atomic E-state index is 0.492. The summed E-state index contributed by atoms with van der Waals surface area (Å²) in [5, 5.41) is 5.68. The second-order valence-electron chi connectivity index (χ2n) is 2.19. The van der Waals surface area contributed by atoms with Gasteiger partial charge >= 0.3 is 11.8 Å². The number of hydrogen-bond donors (Lipinski definition) is 6. The highest BCUT2D eigenvalue weighted by molar-refractivity contribution is 8.11. The van der Waals surface area contributed by atoms with Crippen molar-refractivity contribution in [2.24, 2.45) is 11.5 Å². The summed E-state index contributed by atoms with van der Waals surface area (Å²) in [6, 6.07) is 0. The van der Waals surface area contributed by atoms with Crippen molar-refractivity contribution in [3.05, 3.63) is 0 Å². The van der Waals surface area contributed by atoms with E-state index in [-0.39, 0.29) is 0 Å². The highest BCUT2D eigenvalue weighted by Gasteiger charge is 1.96. The fourth-order valence-corrected chi connectivity index (χ4v) is 0.767. The lowest BCUT2D eigenvalue weighted by Gasteiger charge is -2.03. The Morgan fingerprint density at radius 1 is 0.938 bits per heavy atom. The van der Waals surface area contributed by atoms with Gasteiger partial charge in [-0.1, -0.05) is 24.4 Å². The van der Waals surface area contributed by atoms with Crippen molar-refractivity contribution in [3.8, 4) is 0 Å². The molecule has 6 nitrogen and oxygen atoms in total. The zero-order valence-electron chi connectivity index (χ0n) is 8.10. The standard InChI is InChI=1S/C4H8N2S4.C2H4N2O2/c7-3(8)5-1-2-6-4(9)10;3-1(5)2(4)6/h1-2H2,(H2,5,7,8)(H2,6,9,10);(H2,3,5)(H2,4,6). The van der Waals surface area contributed by atoms with Gasteiger partial charge in [-0.15, -0.1) is 25.3 Å². The fourth-order valence-electron chi connectivity index (χ4n) is 0.339. The molecule has 0 saturated carbocycles. The molecule has 0 fully saturated rings. The maximum absolute atomic E-state index is 9.45. The Balaban J connectivity index is 0. The molecule has 0 aliphatic carbocycles. The van der Waals surface area contributed by atoms with Crippen LogP contribution in [0, 0.1) is 0 Å². The van der Waals surface area contributed by atoms with Crippen LogP contribution in [0.5, 0.6) is 0 Å². The summed E-state index contributed by atoms with van der Waals surface area (Å²) in [5.41, 5.74) is 8.64. The van der Waals surface area contributed by atoms with Crippen molar-refractivity contribution in [1.29, 1.82) is 0 Å². The van der Waals surface area contributed by atoms with Gasteiger partial charge in [0.2, 0.25) is 0 Å². The van der Waals surface area contributed by atoms with Crippen molar-refractivity contribution in [2.75, 3.05) is 13.1 Å². The molecule has 0 spiro atoms. The molecule has 0 aromatic rings. The molecule has 0 aromatic heterocycles. The van der Waals surface area contributed by atoms with Crippen molar-refractivity contribution in [3.63, 3.8) is 0 Å². The van der Waals surface area contributed by atoms with E-state index in [0.29, 0.717) is 21.7 Å². The van der Waals surface area contributed by atoms with E-state index in [9.17, 15) is 9.59 Å². The molecule has 0 heterocycles. The third-order valence-corrected chi connectivity index (χ3v) is 1.53. The number of amides is 2. The number of carbonyl (C=O) groups excluding carboxylic acids is 2. The molecule has 0 radical (unpaired) electrons. The summed E-state index contributed by atoms with van der Waals surface area (Å²) in [6.07, 6.45) is 0. The minimum Gasteiger partial charge on any atom is -0.369 e. The van der Waals surface area contributed by atoms with Gasteiger partial charge in [-0.3, -0.25) is 9.59 Å². The summed E-state index contributed by atoms with van der Waals surface area (Å²) < 4.78 is 0.985. The van der Waals surface area contributed by atoms with Gasteiger partial charge in [0, 0.05) is 13.1 Å². The quantitative estimate of drug-likeness (QED) is 0.165. The molecule has 0 aliphatic heterocycles. The van der Waals surface area contributed by atoms with Crippen LogP contribution in [0.25, 0.3) is 0 Å². The van der Waals surface area contributed by atoms with Gasteiger partial charge in [0.25, 0.3) is 0 Å². The van der Waals surface area contributed by atoms with E-state index < -0.39 is 11.8 Å². The van der Waals surface area contributed by atoms with E-state index in [1.54, 1.807) is 0 Å². The maximum atomic E-state index is 9.45. The number of nitrogens with two attached hydrogens (primary N) is 2. The van der Waals surface area contributed by atoms with Crippen LogP contribution in [0.2, 0.25) is 0 Å². The highest BCUT2D eigenvalue weighted by Crippen LogP contribution is 1.77. The first-order valence-corrected chi connectivity index (χ1v) is 5.51. The third-order valence-electron chi connectivity index (χ3n) is 0.920. The Morgan fingerprint density at radius 2 is 1.19 bits per heavy atom. The molecule has 0 unspecified atom stereocenters. The van der Waals surface area contributed by atoms with Crippen LogP contribution in [-0.4, -0.2) is 33.5 Å². The minimum atomic E-state index is -1.10. The van der Waals surface area contributed by atoms with E-state index in [4.69, 9.17) is 0 Å². The summed E-state index contributed by atoms with van der Waals surface area (Å²) in [5.74, 6) is -2.20.